The summed E-state index contributed by atoms with van der Waals surface area (Å²) < 4.78 is 29.4. The van der Waals surface area contributed by atoms with Gasteiger partial charge in [-0.2, -0.15) is 0 Å². The maximum Gasteiger partial charge on any atom is 0.355 e. The average Bonchev–Trinajstić information content (AvgIpc) is 2.20. The summed E-state index contributed by atoms with van der Waals surface area (Å²) in [6.07, 6.45) is -2.84. The van der Waals surface area contributed by atoms with E-state index in [1.165, 1.54) is 0 Å². The predicted octanol–water partition coefficient (Wildman–Crippen LogP) is 1.70. The van der Waals surface area contributed by atoms with Crippen LogP contribution in [0.15, 0.2) is 10.9 Å². The molecule has 0 aliphatic carbocycles. The van der Waals surface area contributed by atoms with Crippen molar-refractivity contribution in [3.05, 3.63) is 31.2 Å². The van der Waals surface area contributed by atoms with Crippen molar-refractivity contribution in [2.24, 2.45) is 0 Å². The third-order valence-electron chi connectivity index (χ3n) is 1.65. The lowest BCUT2D eigenvalue weighted by atomic mass is 10.2. The monoisotopic (exact) mass is 329 g/mol. The molecule has 0 bridgehead atoms. The SMILES string of the molecule is COC(=O)c1[nH]c(=O)c(I)cc1C(F)F. The van der Waals surface area contributed by atoms with Crippen LogP contribution in [0.25, 0.3) is 0 Å². The van der Waals surface area contributed by atoms with Crippen LogP contribution in [0.4, 0.5) is 8.78 Å². The highest BCUT2D eigenvalue weighted by Gasteiger charge is 2.21. The lowest BCUT2D eigenvalue weighted by Gasteiger charge is -2.06. The van der Waals surface area contributed by atoms with Gasteiger partial charge in [-0.25, -0.2) is 13.6 Å². The zero-order valence-corrected chi connectivity index (χ0v) is 9.67. The van der Waals surface area contributed by atoms with Gasteiger partial charge in [0.2, 0.25) is 0 Å². The fraction of sp³-hybridized carbons (Fsp3) is 0.250. The minimum Gasteiger partial charge on any atom is -0.464 e. The van der Waals surface area contributed by atoms with E-state index >= 15 is 0 Å². The minimum absolute atomic E-state index is 0.0931. The van der Waals surface area contributed by atoms with Crippen molar-refractivity contribution in [2.75, 3.05) is 7.11 Å². The molecule has 0 saturated heterocycles. The van der Waals surface area contributed by atoms with Gasteiger partial charge in [0.05, 0.1) is 16.2 Å². The van der Waals surface area contributed by atoms with Crippen molar-refractivity contribution in [1.82, 2.24) is 4.98 Å². The number of methoxy groups -OCH3 is 1. The van der Waals surface area contributed by atoms with Crippen LogP contribution in [0, 0.1) is 3.57 Å². The summed E-state index contributed by atoms with van der Waals surface area (Å²) in [6, 6.07) is 0.969. The van der Waals surface area contributed by atoms with E-state index in [1.807, 2.05) is 0 Å². The molecule has 0 radical (unpaired) electrons. The van der Waals surface area contributed by atoms with E-state index < -0.39 is 29.2 Å². The van der Waals surface area contributed by atoms with E-state index in [0.29, 0.717) is 0 Å². The van der Waals surface area contributed by atoms with Gasteiger partial charge in [-0.05, 0) is 28.7 Å². The lowest BCUT2D eigenvalue weighted by Crippen LogP contribution is -2.19. The number of ether oxygens (including phenoxy) is 1. The Bertz CT molecular complexity index is 444. The molecule has 1 rings (SSSR count). The maximum absolute atomic E-state index is 12.5. The first-order chi connectivity index (χ1) is 6.97. The number of carbonyl (C=O) groups excluding carboxylic acids is 1. The normalized spacial score (nSPS) is 10.5. The topological polar surface area (TPSA) is 59.2 Å². The van der Waals surface area contributed by atoms with Crippen molar-refractivity contribution in [2.45, 2.75) is 6.43 Å². The Morgan fingerprint density at radius 1 is 1.60 bits per heavy atom. The average molecular weight is 329 g/mol. The summed E-state index contributed by atoms with van der Waals surface area (Å²) in [6.45, 7) is 0. The number of pyridine rings is 1. The van der Waals surface area contributed by atoms with Crippen molar-refractivity contribution in [1.29, 1.82) is 0 Å². The summed E-state index contributed by atoms with van der Waals surface area (Å²) in [5.41, 5.74) is -1.64. The van der Waals surface area contributed by atoms with Crippen molar-refractivity contribution in [3.63, 3.8) is 0 Å². The first-order valence-corrected chi connectivity index (χ1v) is 4.84. The van der Waals surface area contributed by atoms with Gasteiger partial charge in [-0.1, -0.05) is 0 Å². The van der Waals surface area contributed by atoms with Crippen molar-refractivity contribution in [3.8, 4) is 0 Å². The molecule has 0 aliphatic heterocycles. The summed E-state index contributed by atoms with van der Waals surface area (Å²) in [7, 11) is 1.05. The zero-order chi connectivity index (χ0) is 11.6. The van der Waals surface area contributed by atoms with Crippen LogP contribution in [-0.4, -0.2) is 18.1 Å². The van der Waals surface area contributed by atoms with Gasteiger partial charge < -0.3 is 9.72 Å². The number of alkyl halides is 2. The number of aromatic nitrogens is 1. The predicted molar refractivity (Wildman–Crippen MR) is 56.1 cm³/mol. The second-order valence-electron chi connectivity index (χ2n) is 2.57. The first kappa shape index (κ1) is 12.1. The third-order valence-corrected chi connectivity index (χ3v) is 2.45. The largest absolute Gasteiger partial charge is 0.464 e. The summed E-state index contributed by atoms with van der Waals surface area (Å²) in [4.78, 5) is 24.3. The second kappa shape index (κ2) is 4.69. The molecule has 7 heteroatoms. The highest BCUT2D eigenvalue weighted by Crippen LogP contribution is 2.22. The number of nitrogens with one attached hydrogen (secondary N) is 1. The van der Waals surface area contributed by atoms with E-state index in [2.05, 4.69) is 9.72 Å². The van der Waals surface area contributed by atoms with Gasteiger partial charge in [0.15, 0.2) is 0 Å². The molecule has 0 amide bonds. The number of halogens is 3. The van der Waals surface area contributed by atoms with Gasteiger partial charge >= 0.3 is 5.97 Å². The summed E-state index contributed by atoms with van der Waals surface area (Å²) in [5.74, 6) is -0.987. The lowest BCUT2D eigenvalue weighted by molar-refractivity contribution is 0.0581. The Balaban J connectivity index is 3.41. The quantitative estimate of drug-likeness (QED) is 0.664. The van der Waals surface area contributed by atoms with E-state index in [0.717, 1.165) is 13.2 Å². The van der Waals surface area contributed by atoms with Crippen LogP contribution in [0.5, 0.6) is 0 Å². The number of H-pyrrole nitrogens is 1. The van der Waals surface area contributed by atoms with Crippen LogP contribution in [0.1, 0.15) is 22.5 Å². The molecule has 1 N–H and O–H groups in total. The smallest absolute Gasteiger partial charge is 0.355 e. The molecule has 0 unspecified atom stereocenters. The van der Waals surface area contributed by atoms with Crippen molar-refractivity contribution >= 4 is 28.6 Å². The van der Waals surface area contributed by atoms with Gasteiger partial charge in [0, 0.05) is 0 Å². The molecule has 1 heterocycles. The number of aromatic amines is 1. The van der Waals surface area contributed by atoms with Crippen LogP contribution >= 0.6 is 22.6 Å². The van der Waals surface area contributed by atoms with E-state index in [9.17, 15) is 18.4 Å². The highest BCUT2D eigenvalue weighted by molar-refractivity contribution is 14.1. The van der Waals surface area contributed by atoms with Crippen LogP contribution in [-0.2, 0) is 4.74 Å². The van der Waals surface area contributed by atoms with Crippen LogP contribution in [0.2, 0.25) is 0 Å². The number of hydrogen-bond donors (Lipinski definition) is 1. The van der Waals surface area contributed by atoms with Gasteiger partial charge in [-0.3, -0.25) is 4.79 Å². The van der Waals surface area contributed by atoms with Crippen molar-refractivity contribution < 1.29 is 18.3 Å². The molecular weight excluding hydrogens is 323 g/mol. The van der Waals surface area contributed by atoms with Gasteiger partial charge in [-0.15, -0.1) is 0 Å². The molecule has 0 atom stereocenters. The summed E-state index contributed by atoms with van der Waals surface area (Å²) in [5, 5.41) is 0. The van der Waals surface area contributed by atoms with E-state index in [-0.39, 0.29) is 3.57 Å². The molecule has 15 heavy (non-hydrogen) atoms. The summed E-state index contributed by atoms with van der Waals surface area (Å²) >= 11 is 1.61. The van der Waals surface area contributed by atoms with E-state index in [4.69, 9.17) is 0 Å². The van der Waals surface area contributed by atoms with Gasteiger partial charge in [0.1, 0.15) is 5.69 Å². The Morgan fingerprint density at radius 2 is 2.20 bits per heavy atom. The Hall–Kier alpha value is -0.990. The molecule has 0 aliphatic rings. The Morgan fingerprint density at radius 3 is 2.67 bits per heavy atom. The standard InChI is InChI=1S/C8H6F2INO3/c1-15-8(14)5-3(6(9)10)2-4(11)7(13)12-5/h2,6H,1H3,(H,12,13). The van der Waals surface area contributed by atoms with Gasteiger partial charge in [0.25, 0.3) is 12.0 Å². The molecule has 0 aromatic carbocycles. The molecule has 0 saturated carbocycles. The molecule has 82 valence electrons. The maximum atomic E-state index is 12.5. The number of rotatable bonds is 2. The number of hydrogen-bond acceptors (Lipinski definition) is 3. The number of esters is 1. The Labute approximate surface area is 96.8 Å². The molecule has 1 aromatic rings. The van der Waals surface area contributed by atoms with E-state index in [1.54, 1.807) is 22.6 Å². The molecule has 1 aromatic heterocycles. The number of carbonyl (C=O) groups is 1. The Kier molecular flexibility index (Phi) is 3.77. The zero-order valence-electron chi connectivity index (χ0n) is 7.51. The van der Waals surface area contributed by atoms with Crippen LogP contribution in [0.3, 0.4) is 0 Å². The minimum atomic E-state index is -2.84. The third kappa shape index (κ3) is 2.52. The molecule has 0 spiro atoms. The first-order valence-electron chi connectivity index (χ1n) is 3.76. The fourth-order valence-electron chi connectivity index (χ4n) is 0.963. The highest BCUT2D eigenvalue weighted by atomic mass is 127. The molecule has 0 fully saturated rings. The second-order valence-corrected chi connectivity index (χ2v) is 3.73. The fourth-order valence-corrected chi connectivity index (χ4v) is 1.43. The van der Waals surface area contributed by atoms with Crippen LogP contribution < -0.4 is 5.56 Å². The molecule has 4 nitrogen and oxygen atoms in total. The molecular formula is C8H6F2INO3.